The lowest BCUT2D eigenvalue weighted by molar-refractivity contribution is -0.377. The van der Waals surface area contributed by atoms with E-state index >= 15 is 4.79 Å². The first-order chi connectivity index (χ1) is 47.1. The minimum Gasteiger partial charge on any atom is -0.493 e. The smallest absolute Gasteiger partial charge is 0.331 e. The lowest BCUT2D eigenvalue weighted by Gasteiger charge is -2.71. The Labute approximate surface area is 578 Å². The van der Waals surface area contributed by atoms with Gasteiger partial charge in [0.1, 0.15) is 91.6 Å². The molecule has 564 valence electrons. The van der Waals surface area contributed by atoms with Gasteiger partial charge in [0.2, 0.25) is 6.29 Å². The second-order valence-electron chi connectivity index (χ2n) is 30.8. The number of fused-ring (bicyclic) bond motifs is 7. The number of allylic oxidation sites excluding steroid dienone is 1. The molecule has 0 unspecified atom stereocenters. The van der Waals surface area contributed by atoms with Crippen LogP contribution >= 0.6 is 0 Å². The maximum absolute atomic E-state index is 15.9. The molecule has 11 rings (SSSR count). The van der Waals surface area contributed by atoms with Crippen LogP contribution in [0.25, 0.3) is 6.08 Å². The molecule has 15 N–H and O–H groups in total. The van der Waals surface area contributed by atoms with E-state index in [9.17, 15) is 86.2 Å². The number of rotatable bonds is 18. The summed E-state index contributed by atoms with van der Waals surface area (Å²) < 4.78 is 76.6. The number of hydrogen-bond acceptors (Lipinski definition) is 30. The summed E-state index contributed by atoms with van der Waals surface area (Å²) in [6, 6.07) is 4.90. The molecule has 9 fully saturated rings. The zero-order chi connectivity index (χ0) is 72.8. The van der Waals surface area contributed by atoms with Gasteiger partial charge in [0.15, 0.2) is 48.9 Å². The van der Waals surface area contributed by atoms with Crippen LogP contribution in [0.2, 0.25) is 0 Å². The van der Waals surface area contributed by atoms with Crippen LogP contribution in [0.15, 0.2) is 35.9 Å². The number of aliphatic hydroxyl groups excluding tert-OH is 14. The number of esters is 2. The highest BCUT2D eigenvalue weighted by Gasteiger charge is 2.74. The van der Waals surface area contributed by atoms with E-state index in [1.54, 1.807) is 18.2 Å². The van der Waals surface area contributed by atoms with Gasteiger partial charge in [-0.25, -0.2) is 4.79 Å². The van der Waals surface area contributed by atoms with Gasteiger partial charge in [-0.2, -0.15) is 0 Å². The number of methoxy groups -OCH3 is 2. The van der Waals surface area contributed by atoms with E-state index in [1.807, 2.05) is 6.92 Å². The van der Waals surface area contributed by atoms with Crippen LogP contribution in [0.3, 0.4) is 0 Å². The number of ether oxygens (including phenoxy) is 13. The first-order valence-corrected chi connectivity index (χ1v) is 34.6. The van der Waals surface area contributed by atoms with Crippen LogP contribution < -0.4 is 9.47 Å². The molecule has 5 heterocycles. The van der Waals surface area contributed by atoms with Crippen molar-refractivity contribution in [2.24, 2.45) is 50.2 Å². The van der Waals surface area contributed by atoms with Crippen LogP contribution in [0.5, 0.6) is 11.5 Å². The number of hydrogen-bond donors (Lipinski definition) is 15. The number of aliphatic carboxylic acids is 1. The van der Waals surface area contributed by atoms with E-state index in [0.29, 0.717) is 42.7 Å². The second-order valence-corrected chi connectivity index (χ2v) is 30.8. The summed E-state index contributed by atoms with van der Waals surface area (Å²) >= 11 is 0. The molecule has 4 saturated carbocycles. The third-order valence-electron chi connectivity index (χ3n) is 24.8. The van der Waals surface area contributed by atoms with E-state index < -0.39 is 230 Å². The zero-order valence-corrected chi connectivity index (χ0v) is 57.6. The van der Waals surface area contributed by atoms with Crippen LogP contribution in [-0.4, -0.2) is 289 Å². The van der Waals surface area contributed by atoms with E-state index in [-0.39, 0.29) is 50.0 Å². The first-order valence-electron chi connectivity index (χ1n) is 34.6. The van der Waals surface area contributed by atoms with Crippen molar-refractivity contribution in [3.63, 3.8) is 0 Å². The Morgan fingerprint density at radius 2 is 1.21 bits per heavy atom. The molecule has 1 aromatic rings. The Kier molecular flexibility index (Phi) is 22.5. The molecule has 0 aromatic heterocycles. The van der Waals surface area contributed by atoms with E-state index in [0.717, 1.165) is 11.6 Å². The van der Waals surface area contributed by atoms with Gasteiger partial charge >= 0.3 is 17.9 Å². The number of benzene rings is 1. The van der Waals surface area contributed by atoms with Gasteiger partial charge in [-0.1, -0.05) is 45.4 Å². The first kappa shape index (κ1) is 76.9. The second kappa shape index (κ2) is 29.3. The zero-order valence-electron chi connectivity index (χ0n) is 57.6. The molecule has 0 bridgehead atoms. The Morgan fingerprint density at radius 1 is 0.590 bits per heavy atom. The van der Waals surface area contributed by atoms with Gasteiger partial charge in [0.05, 0.1) is 69.8 Å². The summed E-state index contributed by atoms with van der Waals surface area (Å²) in [6.45, 7) is 10.6. The fourth-order valence-electron chi connectivity index (χ4n) is 19.0. The molecular formula is C69H102O31. The number of carboxylic acid groups (broad SMARTS) is 1. The molecule has 1 aromatic carbocycles. The predicted octanol–water partition coefficient (Wildman–Crippen LogP) is -1.59. The molecule has 0 amide bonds. The average Bonchev–Trinajstić information content (AvgIpc) is 0.666. The van der Waals surface area contributed by atoms with Gasteiger partial charge < -0.3 is 138 Å². The summed E-state index contributed by atoms with van der Waals surface area (Å²) in [6.07, 6.45) is -34.4. The summed E-state index contributed by atoms with van der Waals surface area (Å²) in [5.41, 5.74) is -4.97. The highest BCUT2D eigenvalue weighted by atomic mass is 16.8. The maximum atomic E-state index is 15.9. The molecule has 0 spiro atoms. The largest absolute Gasteiger partial charge is 0.493 e. The van der Waals surface area contributed by atoms with Crippen molar-refractivity contribution in [1.82, 2.24) is 0 Å². The minimum atomic E-state index is -2.06. The fourth-order valence-corrected chi connectivity index (χ4v) is 19.0. The highest BCUT2D eigenvalue weighted by Crippen LogP contribution is 2.76. The van der Waals surface area contributed by atoms with Crippen LogP contribution in [0.4, 0.5) is 0 Å². The minimum absolute atomic E-state index is 0.00857. The monoisotopic (exact) mass is 1430 g/mol. The van der Waals surface area contributed by atoms with Crippen molar-refractivity contribution in [3.8, 4) is 11.5 Å². The van der Waals surface area contributed by atoms with Crippen LogP contribution in [-0.2, 0) is 66.5 Å². The highest BCUT2D eigenvalue weighted by molar-refractivity contribution is 5.87. The van der Waals surface area contributed by atoms with Gasteiger partial charge in [0.25, 0.3) is 0 Å². The summed E-state index contributed by atoms with van der Waals surface area (Å²) in [5, 5.41) is 167. The molecular weight excluding hydrogens is 1320 g/mol. The van der Waals surface area contributed by atoms with Crippen molar-refractivity contribution < 1.29 is 153 Å². The maximum Gasteiger partial charge on any atom is 0.331 e. The summed E-state index contributed by atoms with van der Waals surface area (Å²) in [4.78, 5) is 43.6. The molecule has 0 radical (unpaired) electrons. The van der Waals surface area contributed by atoms with Crippen molar-refractivity contribution >= 4 is 24.0 Å². The Bertz CT molecular complexity index is 3130. The van der Waals surface area contributed by atoms with Crippen LogP contribution in [0.1, 0.15) is 112 Å². The lowest BCUT2D eigenvalue weighted by Crippen LogP contribution is -2.71. The molecule has 10 aliphatic rings. The van der Waals surface area contributed by atoms with Crippen molar-refractivity contribution in [1.29, 1.82) is 0 Å². The Balaban J connectivity index is 0.853. The third-order valence-corrected chi connectivity index (χ3v) is 24.8. The number of carbonyl (C=O) groups is 3. The molecule has 5 saturated heterocycles. The molecule has 100 heavy (non-hydrogen) atoms. The molecule has 31 heteroatoms. The van der Waals surface area contributed by atoms with Gasteiger partial charge in [-0.3, -0.25) is 9.59 Å². The Morgan fingerprint density at radius 3 is 1.89 bits per heavy atom. The molecule has 31 nitrogen and oxygen atoms in total. The van der Waals surface area contributed by atoms with E-state index in [1.165, 1.54) is 41.1 Å². The third kappa shape index (κ3) is 13.3. The Hall–Kier alpha value is -4.21. The normalized spacial score (nSPS) is 48.6. The molecule has 33 atom stereocenters. The quantitative estimate of drug-likeness (QED) is 0.0341. The van der Waals surface area contributed by atoms with Gasteiger partial charge in [-0.15, -0.1) is 0 Å². The number of aliphatic hydroxyl groups is 14. The molecule has 5 aliphatic carbocycles. The van der Waals surface area contributed by atoms with Crippen molar-refractivity contribution in [3.05, 3.63) is 41.5 Å². The van der Waals surface area contributed by atoms with Crippen molar-refractivity contribution in [2.75, 3.05) is 40.6 Å². The predicted molar refractivity (Wildman–Crippen MR) is 338 cm³/mol. The van der Waals surface area contributed by atoms with Gasteiger partial charge in [0, 0.05) is 11.5 Å². The van der Waals surface area contributed by atoms with Crippen molar-refractivity contribution in [2.45, 2.75) is 260 Å². The number of carboxylic acids is 1. The summed E-state index contributed by atoms with van der Waals surface area (Å²) in [7, 11) is 2.91. The van der Waals surface area contributed by atoms with Crippen LogP contribution in [0, 0.1) is 50.2 Å². The average molecular weight is 1430 g/mol. The summed E-state index contributed by atoms with van der Waals surface area (Å²) in [5.74, 6) is -3.85. The van der Waals surface area contributed by atoms with E-state index in [2.05, 4.69) is 26.8 Å². The SMILES string of the molecule is COc1ccc(/C=C/C(=O)O[C@@H]2[C@H](O)[C@@H](O[C@@H]3O[C@@H](C)[C@H](O[C@@H]4OC[C@@H](O[C@@H]5OC[C@H](O)[C@H](O)[C@H]5O)[C@H](O)[C@H]4O)[C@@H](O)[C@H]3O)[C@H](OC(=O)[C@]34CCC(C)(C)C[C@H]3C3=CC[C@@H]5[C@@]6(C)C[C@H](O)[C@H](O[C@@H]7O[C@H](CO)[C@@H](O)[C@H](O)[C@H]7O)[C@@](C)(C(=O)O)[C@@H]6CC[C@@]5(C)[C@]3(CO)CC4)O[C@@H]2C)cc1OC. The topological polar surface area (TPSA) is 475 Å². The van der Waals surface area contributed by atoms with Gasteiger partial charge in [-0.05, 0) is 136 Å². The fraction of sp³-hybridized carbons (Fsp3) is 0.812. The number of carbonyl (C=O) groups excluding carboxylic acids is 2. The standard InChI is InChI=1S/C69H102O31/c1-29-53(97-58-49(81)45(77)39(27-91-58)95-57-48(80)43(75)35(73)26-90-57)47(79)51(83)59(92-29)98-55-52(84)54(96-42(74)15-11-31-10-13-36(88-8)37(22-31)89-9)30(2)93-61(55)100-63(87)68-19-18-64(3,4)23-33(68)32-12-14-40-65(5)24-34(72)56(99-60-50(82)46(78)44(76)38(25-70)94-60)67(7,62(85)86)41(65)16-17-66(40,6)69(32,28-71)21-20-68/h10-13,15,22,29-30,33-35,38-41,43-61,70-73,75-84H,14,16-21,23-28H2,1-9H3,(H,85,86)/b15-11+/t29-,30+,33-,34-,35-,38+,39+,40+,41+,43-,44+,45-,46-,47-,48+,49+,50+,51+,52-,53-,54-,55+,56-,57-,58-,59-,60-,61-,65+,66+,67-,68-,69-/m0/s1. The lowest BCUT2D eigenvalue weighted by atomic mass is 9.33. The molecule has 5 aliphatic heterocycles. The van der Waals surface area contributed by atoms with E-state index in [4.69, 9.17) is 61.6 Å².